The highest BCUT2D eigenvalue weighted by atomic mass is 19.1. The zero-order valence-electron chi connectivity index (χ0n) is 13.3. The van der Waals surface area contributed by atoms with E-state index in [1.807, 2.05) is 36.5 Å². The Balaban J connectivity index is 1.90. The van der Waals surface area contributed by atoms with Gasteiger partial charge in [0.15, 0.2) is 5.65 Å². The van der Waals surface area contributed by atoms with Gasteiger partial charge in [0.2, 0.25) is 0 Å². The summed E-state index contributed by atoms with van der Waals surface area (Å²) in [6, 6.07) is 16.5. The van der Waals surface area contributed by atoms with Crippen molar-refractivity contribution in [2.75, 3.05) is 11.2 Å². The summed E-state index contributed by atoms with van der Waals surface area (Å²) in [5.74, 6) is 5.88. The Kier molecular flexibility index (Phi) is 2.85. The van der Waals surface area contributed by atoms with Gasteiger partial charge in [0.05, 0.1) is 6.04 Å². The van der Waals surface area contributed by atoms with E-state index in [0.717, 1.165) is 27.8 Å². The number of benzene rings is 2. The molecule has 2 aromatic carbocycles. The van der Waals surface area contributed by atoms with Gasteiger partial charge in [-0.05, 0) is 23.8 Å². The first-order valence-electron chi connectivity index (χ1n) is 8.09. The van der Waals surface area contributed by atoms with Crippen molar-refractivity contribution < 1.29 is 4.39 Å². The third-order valence-electron chi connectivity index (χ3n) is 4.79. The molecule has 4 aromatic rings. The van der Waals surface area contributed by atoms with E-state index in [-0.39, 0.29) is 11.9 Å². The fourth-order valence-corrected chi connectivity index (χ4v) is 3.68. The van der Waals surface area contributed by atoms with Gasteiger partial charge in [0, 0.05) is 40.2 Å². The SMILES string of the molecule is Nn1cc2c3c(ccnc31)-c1ccccc1NC2c1ccccc1F. The average Bonchev–Trinajstić information content (AvgIpc) is 2.90. The Labute approximate surface area is 143 Å². The van der Waals surface area contributed by atoms with Crippen molar-refractivity contribution in [3.8, 4) is 11.1 Å². The van der Waals surface area contributed by atoms with E-state index in [2.05, 4.69) is 16.4 Å². The van der Waals surface area contributed by atoms with Crippen LogP contribution in [0, 0.1) is 5.82 Å². The predicted octanol–water partition coefficient (Wildman–Crippen LogP) is 4.07. The molecular weight excluding hydrogens is 315 g/mol. The van der Waals surface area contributed by atoms with Crippen molar-refractivity contribution >= 4 is 16.7 Å². The number of nitrogens with zero attached hydrogens (tertiary/aromatic N) is 2. The van der Waals surface area contributed by atoms with Gasteiger partial charge in [-0.15, -0.1) is 0 Å². The van der Waals surface area contributed by atoms with E-state index in [1.54, 1.807) is 18.3 Å². The van der Waals surface area contributed by atoms with Crippen LogP contribution < -0.4 is 11.2 Å². The minimum atomic E-state index is -0.347. The summed E-state index contributed by atoms with van der Waals surface area (Å²) in [5.41, 5.74) is 5.26. The maximum absolute atomic E-state index is 14.6. The molecule has 1 unspecified atom stereocenters. The van der Waals surface area contributed by atoms with Crippen molar-refractivity contribution in [1.29, 1.82) is 0 Å². The molecule has 122 valence electrons. The Bertz CT molecular complexity index is 1120. The lowest BCUT2D eigenvalue weighted by molar-refractivity contribution is 0.605. The molecule has 0 radical (unpaired) electrons. The van der Waals surface area contributed by atoms with Gasteiger partial charge < -0.3 is 11.2 Å². The Morgan fingerprint density at radius 3 is 2.64 bits per heavy atom. The van der Waals surface area contributed by atoms with Crippen LogP contribution in [-0.4, -0.2) is 9.66 Å². The predicted molar refractivity (Wildman–Crippen MR) is 97.2 cm³/mol. The Hall–Kier alpha value is -3.34. The summed E-state index contributed by atoms with van der Waals surface area (Å²) in [7, 11) is 0. The van der Waals surface area contributed by atoms with E-state index in [0.29, 0.717) is 11.2 Å². The van der Waals surface area contributed by atoms with E-state index in [4.69, 9.17) is 5.84 Å². The van der Waals surface area contributed by atoms with Gasteiger partial charge in [-0.25, -0.2) is 9.37 Å². The van der Waals surface area contributed by atoms with Crippen LogP contribution in [0.2, 0.25) is 0 Å². The van der Waals surface area contributed by atoms with Crippen LogP contribution in [0.5, 0.6) is 0 Å². The molecule has 1 atom stereocenters. The van der Waals surface area contributed by atoms with Crippen LogP contribution in [0.15, 0.2) is 67.0 Å². The lowest BCUT2D eigenvalue weighted by Gasteiger charge is -2.20. The minimum absolute atomic E-state index is 0.247. The normalized spacial score (nSPS) is 15.5. The fourth-order valence-electron chi connectivity index (χ4n) is 3.68. The van der Waals surface area contributed by atoms with E-state index in [1.165, 1.54) is 10.7 Å². The lowest BCUT2D eigenvalue weighted by atomic mass is 9.97. The molecule has 4 nitrogen and oxygen atoms in total. The maximum atomic E-state index is 14.6. The molecule has 25 heavy (non-hydrogen) atoms. The summed E-state index contributed by atoms with van der Waals surface area (Å²) in [5, 5.41) is 4.45. The number of nitrogens with two attached hydrogens (primary N) is 1. The quantitative estimate of drug-likeness (QED) is 0.517. The largest absolute Gasteiger partial charge is 0.373 e. The zero-order chi connectivity index (χ0) is 17.0. The van der Waals surface area contributed by atoms with Crippen LogP contribution in [-0.2, 0) is 0 Å². The number of anilines is 1. The standard InChI is InChI=1S/C20H15FN4/c21-16-7-3-1-6-14(16)19-15-11-25(22)20-18(15)13(9-10-23-20)12-5-2-4-8-17(12)24-19/h1-11,19,24H,22H2. The van der Waals surface area contributed by atoms with Crippen LogP contribution in [0.3, 0.4) is 0 Å². The number of aromatic nitrogens is 2. The number of hydrogen-bond donors (Lipinski definition) is 2. The molecule has 3 heterocycles. The number of hydrogen-bond acceptors (Lipinski definition) is 3. The van der Waals surface area contributed by atoms with Gasteiger partial charge in [-0.3, -0.25) is 4.68 Å². The van der Waals surface area contributed by atoms with E-state index in [9.17, 15) is 4.39 Å². The number of nitrogens with one attached hydrogen (secondary N) is 1. The lowest BCUT2D eigenvalue weighted by Crippen LogP contribution is -2.14. The van der Waals surface area contributed by atoms with Gasteiger partial charge in [-0.2, -0.15) is 0 Å². The summed E-state index contributed by atoms with van der Waals surface area (Å²) >= 11 is 0. The first-order valence-corrected chi connectivity index (χ1v) is 8.09. The van der Waals surface area contributed by atoms with Gasteiger partial charge in [-0.1, -0.05) is 36.4 Å². The summed E-state index contributed by atoms with van der Waals surface area (Å²) in [6.07, 6.45) is 3.59. The summed E-state index contributed by atoms with van der Waals surface area (Å²) < 4.78 is 16.1. The highest BCUT2D eigenvalue weighted by Crippen LogP contribution is 2.44. The third-order valence-corrected chi connectivity index (χ3v) is 4.79. The number of rotatable bonds is 1. The number of halogens is 1. The molecule has 3 N–H and O–H groups in total. The van der Waals surface area contributed by atoms with Crippen molar-refractivity contribution in [2.45, 2.75) is 6.04 Å². The third kappa shape index (κ3) is 1.96. The molecule has 1 aliphatic rings. The van der Waals surface area contributed by atoms with Gasteiger partial charge >= 0.3 is 0 Å². The molecule has 0 saturated carbocycles. The maximum Gasteiger partial charge on any atom is 0.159 e. The second kappa shape index (κ2) is 5.08. The molecule has 5 rings (SSSR count). The Morgan fingerprint density at radius 2 is 1.76 bits per heavy atom. The fraction of sp³-hybridized carbons (Fsp3) is 0.0500. The van der Waals surface area contributed by atoms with Crippen LogP contribution in [0.4, 0.5) is 10.1 Å². The van der Waals surface area contributed by atoms with Crippen molar-refractivity contribution in [3.63, 3.8) is 0 Å². The highest BCUT2D eigenvalue weighted by molar-refractivity contribution is 6.01. The smallest absolute Gasteiger partial charge is 0.159 e. The van der Waals surface area contributed by atoms with Crippen molar-refractivity contribution in [2.24, 2.45) is 0 Å². The molecule has 5 heteroatoms. The Morgan fingerprint density at radius 1 is 0.960 bits per heavy atom. The first-order chi connectivity index (χ1) is 12.2. The van der Waals surface area contributed by atoms with Crippen LogP contribution in [0.1, 0.15) is 17.2 Å². The number of pyridine rings is 1. The van der Waals surface area contributed by atoms with Crippen molar-refractivity contribution in [3.05, 3.63) is 83.9 Å². The van der Waals surface area contributed by atoms with E-state index >= 15 is 0 Å². The molecule has 1 aliphatic heterocycles. The van der Waals surface area contributed by atoms with E-state index < -0.39 is 0 Å². The van der Waals surface area contributed by atoms with Gasteiger partial charge in [0.1, 0.15) is 5.82 Å². The van der Waals surface area contributed by atoms with Crippen molar-refractivity contribution in [1.82, 2.24) is 9.66 Å². The molecule has 0 saturated heterocycles. The summed E-state index contributed by atoms with van der Waals surface area (Å²) in [6.45, 7) is 0. The summed E-state index contributed by atoms with van der Waals surface area (Å²) in [4.78, 5) is 4.43. The number of para-hydroxylation sites is 1. The monoisotopic (exact) mass is 330 g/mol. The topological polar surface area (TPSA) is 55.9 Å². The van der Waals surface area contributed by atoms with Crippen LogP contribution in [0.25, 0.3) is 22.2 Å². The minimum Gasteiger partial charge on any atom is -0.373 e. The zero-order valence-corrected chi connectivity index (χ0v) is 13.3. The molecule has 0 spiro atoms. The first kappa shape index (κ1) is 14.0. The van der Waals surface area contributed by atoms with Crippen LogP contribution >= 0.6 is 0 Å². The molecule has 2 aromatic heterocycles. The molecule has 0 aliphatic carbocycles. The number of nitrogen functional groups attached to an aromatic ring is 1. The highest BCUT2D eigenvalue weighted by Gasteiger charge is 2.28. The molecular formula is C20H15FN4. The molecule has 0 fully saturated rings. The second-order valence-electron chi connectivity index (χ2n) is 6.19. The second-order valence-corrected chi connectivity index (χ2v) is 6.19. The number of fused-ring (bicyclic) bond motifs is 2. The molecule has 0 amide bonds. The van der Waals surface area contributed by atoms with Gasteiger partial charge in [0.25, 0.3) is 0 Å². The average molecular weight is 330 g/mol. The molecule has 0 bridgehead atoms.